The molecule has 0 spiro atoms. The predicted octanol–water partition coefficient (Wildman–Crippen LogP) is -6.82. The fraction of sp³-hybridized carbons (Fsp3) is 0.818. The third kappa shape index (κ3) is 5.62. The summed E-state index contributed by atoms with van der Waals surface area (Å²) in [5.74, 6) is -3.60. The van der Waals surface area contributed by atoms with Crippen molar-refractivity contribution in [2.75, 3.05) is 0 Å². The van der Waals surface area contributed by atoms with Gasteiger partial charge < -0.3 is 19.8 Å². The third-order valence-electron chi connectivity index (χ3n) is 3.44. The number of carbonyl (C=O) groups is 2. The fourth-order valence-corrected chi connectivity index (χ4v) is 2.35. The molecule has 1 aliphatic rings. The summed E-state index contributed by atoms with van der Waals surface area (Å²) < 4.78 is 0. The normalized spacial score (nSPS) is 27.8. The molecule has 0 aromatic rings. The van der Waals surface area contributed by atoms with Crippen molar-refractivity contribution in [1.82, 2.24) is 0 Å². The van der Waals surface area contributed by atoms with E-state index in [4.69, 9.17) is 0 Å². The van der Waals surface area contributed by atoms with Crippen molar-refractivity contribution in [1.29, 1.82) is 0 Å². The van der Waals surface area contributed by atoms with E-state index < -0.39 is 23.8 Å². The molecule has 0 aliphatic heterocycles. The third-order valence-corrected chi connectivity index (χ3v) is 3.44. The average Bonchev–Trinajstić information content (AvgIpc) is 2.16. The Morgan fingerprint density at radius 2 is 1.47 bits per heavy atom. The van der Waals surface area contributed by atoms with Gasteiger partial charge in [-0.05, 0) is 31.1 Å². The second kappa shape index (κ2) is 8.94. The van der Waals surface area contributed by atoms with Gasteiger partial charge in [-0.2, -0.15) is 0 Å². The molecule has 6 heteroatoms. The quantitative estimate of drug-likeness (QED) is 0.471. The van der Waals surface area contributed by atoms with Crippen LogP contribution in [0, 0.1) is 23.7 Å². The van der Waals surface area contributed by atoms with Gasteiger partial charge in [-0.1, -0.05) is 13.8 Å². The van der Waals surface area contributed by atoms with Gasteiger partial charge in [0.2, 0.25) is 0 Å². The van der Waals surface area contributed by atoms with Crippen molar-refractivity contribution >= 4 is 11.9 Å². The molecule has 0 saturated heterocycles. The zero-order chi connectivity index (χ0) is 11.6. The van der Waals surface area contributed by atoms with Crippen molar-refractivity contribution in [2.45, 2.75) is 33.1 Å². The molecule has 0 radical (unpaired) electrons. The minimum absolute atomic E-state index is 0. The summed E-state index contributed by atoms with van der Waals surface area (Å²) in [6.07, 6.45) is 1.56. The second-order valence-corrected chi connectivity index (χ2v) is 4.67. The fourth-order valence-electron chi connectivity index (χ4n) is 2.35. The monoisotopic (exact) mass is 258 g/mol. The van der Waals surface area contributed by atoms with E-state index in [2.05, 4.69) is 0 Å². The Labute approximate surface area is 146 Å². The first-order chi connectivity index (χ1) is 6.93. The van der Waals surface area contributed by atoms with E-state index in [9.17, 15) is 19.8 Å². The summed E-state index contributed by atoms with van der Waals surface area (Å²) >= 11 is 0. The molecule has 3 unspecified atom stereocenters. The Morgan fingerprint density at radius 3 is 1.82 bits per heavy atom. The first-order valence-corrected chi connectivity index (χ1v) is 5.35. The van der Waals surface area contributed by atoms with Gasteiger partial charge in [-0.3, -0.25) is 0 Å². The van der Waals surface area contributed by atoms with Gasteiger partial charge in [0.1, 0.15) is 0 Å². The number of hydrogen-bond acceptors (Lipinski definition) is 4. The summed E-state index contributed by atoms with van der Waals surface area (Å²) in [6, 6.07) is 0. The molecule has 0 aromatic carbocycles. The molecular formula is C11H16Na2O4. The SMILES string of the molecule is CC(C)C1CCC(C(=O)[O-])C(C(=O)[O-])C1.[Na+].[Na+]. The zero-order valence-corrected chi connectivity index (χ0v) is 15.1. The molecule has 0 heterocycles. The molecule has 0 bridgehead atoms. The minimum atomic E-state index is -1.26. The van der Waals surface area contributed by atoms with Crippen LogP contribution in [-0.2, 0) is 9.59 Å². The van der Waals surface area contributed by atoms with Gasteiger partial charge in [0.05, 0.1) is 0 Å². The Kier molecular flexibility index (Phi) is 10.7. The molecule has 1 fully saturated rings. The van der Waals surface area contributed by atoms with Crippen LogP contribution in [0.4, 0.5) is 0 Å². The molecule has 3 atom stereocenters. The van der Waals surface area contributed by atoms with Gasteiger partial charge in [0.25, 0.3) is 0 Å². The molecule has 0 amide bonds. The topological polar surface area (TPSA) is 80.3 Å². The van der Waals surface area contributed by atoms with Crippen molar-refractivity contribution in [3.05, 3.63) is 0 Å². The van der Waals surface area contributed by atoms with Crippen LogP contribution in [0.5, 0.6) is 0 Å². The van der Waals surface area contributed by atoms with Crippen LogP contribution < -0.4 is 69.3 Å². The second-order valence-electron chi connectivity index (χ2n) is 4.67. The van der Waals surface area contributed by atoms with Crippen LogP contribution in [0.15, 0.2) is 0 Å². The summed E-state index contributed by atoms with van der Waals surface area (Å²) in [6.45, 7) is 4.05. The van der Waals surface area contributed by atoms with Crippen molar-refractivity contribution in [2.24, 2.45) is 23.7 Å². The predicted molar refractivity (Wildman–Crippen MR) is 49.2 cm³/mol. The van der Waals surface area contributed by atoms with Gasteiger partial charge in [-0.15, -0.1) is 0 Å². The van der Waals surface area contributed by atoms with Gasteiger partial charge in [0.15, 0.2) is 0 Å². The maximum Gasteiger partial charge on any atom is 1.00 e. The molecule has 1 rings (SSSR count). The Morgan fingerprint density at radius 1 is 1.00 bits per heavy atom. The minimum Gasteiger partial charge on any atom is -0.550 e. The summed E-state index contributed by atoms with van der Waals surface area (Å²) in [5.41, 5.74) is 0. The van der Waals surface area contributed by atoms with Crippen LogP contribution in [0.25, 0.3) is 0 Å². The molecule has 0 N–H and O–H groups in total. The Balaban J connectivity index is 0. The molecule has 1 aliphatic carbocycles. The van der Waals surface area contributed by atoms with Crippen LogP contribution in [-0.4, -0.2) is 11.9 Å². The van der Waals surface area contributed by atoms with Gasteiger partial charge in [-0.25, -0.2) is 0 Å². The van der Waals surface area contributed by atoms with Crippen LogP contribution in [0.3, 0.4) is 0 Å². The standard InChI is InChI=1S/C11H18O4.2Na/c1-6(2)7-3-4-8(10(12)13)9(5-7)11(14)15;;/h6-9H,3-5H2,1-2H3,(H,12,13)(H,14,15);;/q;2*+1/p-2. The molecule has 1 saturated carbocycles. The number of hydrogen-bond donors (Lipinski definition) is 0. The van der Waals surface area contributed by atoms with Crippen molar-refractivity contribution in [3.8, 4) is 0 Å². The summed E-state index contributed by atoms with van der Waals surface area (Å²) in [7, 11) is 0. The van der Waals surface area contributed by atoms with E-state index in [-0.39, 0.29) is 65.0 Å². The van der Waals surface area contributed by atoms with Gasteiger partial charge >= 0.3 is 59.1 Å². The average molecular weight is 258 g/mol. The van der Waals surface area contributed by atoms with E-state index in [0.29, 0.717) is 18.8 Å². The first kappa shape index (κ1) is 20.3. The number of carboxylic acid groups (broad SMARTS) is 2. The summed E-state index contributed by atoms with van der Waals surface area (Å²) in [5, 5.41) is 21.6. The zero-order valence-electron chi connectivity index (χ0n) is 11.1. The molecule has 0 aromatic heterocycles. The maximum atomic E-state index is 10.8. The molecular weight excluding hydrogens is 242 g/mol. The Bertz CT molecular complexity index is 268. The van der Waals surface area contributed by atoms with Crippen LogP contribution >= 0.6 is 0 Å². The van der Waals surface area contributed by atoms with E-state index in [1.54, 1.807) is 0 Å². The van der Waals surface area contributed by atoms with Crippen molar-refractivity contribution < 1.29 is 78.9 Å². The van der Waals surface area contributed by atoms with E-state index >= 15 is 0 Å². The van der Waals surface area contributed by atoms with E-state index in [1.165, 1.54) is 0 Å². The maximum absolute atomic E-state index is 10.8. The Hall–Kier alpha value is 0.940. The number of rotatable bonds is 3. The largest absolute Gasteiger partial charge is 1.00 e. The van der Waals surface area contributed by atoms with Crippen LogP contribution in [0.1, 0.15) is 33.1 Å². The van der Waals surface area contributed by atoms with Crippen molar-refractivity contribution in [3.63, 3.8) is 0 Å². The first-order valence-electron chi connectivity index (χ1n) is 5.35. The molecule has 4 nitrogen and oxygen atoms in total. The molecule has 17 heavy (non-hydrogen) atoms. The number of aliphatic carboxylic acids is 2. The van der Waals surface area contributed by atoms with Crippen LogP contribution in [0.2, 0.25) is 0 Å². The number of carbonyl (C=O) groups excluding carboxylic acids is 2. The van der Waals surface area contributed by atoms with Gasteiger partial charge in [0, 0.05) is 23.8 Å². The van der Waals surface area contributed by atoms with E-state index in [0.717, 1.165) is 6.42 Å². The van der Waals surface area contributed by atoms with E-state index in [1.807, 2.05) is 13.8 Å². The molecule has 86 valence electrons. The summed E-state index contributed by atoms with van der Waals surface area (Å²) in [4.78, 5) is 21.6. The smallest absolute Gasteiger partial charge is 0.550 e. The number of carboxylic acids is 2.